The quantitative estimate of drug-likeness (QED) is 0.887. The zero-order valence-corrected chi connectivity index (χ0v) is 12.6. The van der Waals surface area contributed by atoms with Gasteiger partial charge in [0.1, 0.15) is 0 Å². The van der Waals surface area contributed by atoms with Crippen LogP contribution in [0.1, 0.15) is 41.6 Å². The van der Waals surface area contributed by atoms with Gasteiger partial charge in [-0.25, -0.2) is 0 Å². The highest BCUT2D eigenvalue weighted by Crippen LogP contribution is 2.26. The van der Waals surface area contributed by atoms with E-state index in [1.165, 1.54) is 32.2 Å². The largest absolute Gasteiger partial charge is 0.366 e. The van der Waals surface area contributed by atoms with Crippen LogP contribution in [-0.2, 0) is 6.54 Å². The molecule has 1 aromatic rings. The van der Waals surface area contributed by atoms with Gasteiger partial charge in [0.2, 0.25) is 5.91 Å². The van der Waals surface area contributed by atoms with E-state index >= 15 is 0 Å². The van der Waals surface area contributed by atoms with Crippen LogP contribution in [0.4, 0.5) is 0 Å². The fraction of sp³-hybridized carbons (Fsp3) is 0.588. The van der Waals surface area contributed by atoms with Crippen LogP contribution in [0.3, 0.4) is 0 Å². The van der Waals surface area contributed by atoms with Crippen molar-refractivity contribution < 1.29 is 4.79 Å². The summed E-state index contributed by atoms with van der Waals surface area (Å²) in [6.07, 6.45) is 5.20. The molecule has 21 heavy (non-hydrogen) atoms. The lowest BCUT2D eigenvalue weighted by Gasteiger charge is -2.36. The highest BCUT2D eigenvalue weighted by atomic mass is 16.1. The Labute approximate surface area is 126 Å². The molecule has 2 heterocycles. The van der Waals surface area contributed by atoms with Gasteiger partial charge in [0.25, 0.3) is 0 Å². The third-order valence-electron chi connectivity index (χ3n) is 4.89. The van der Waals surface area contributed by atoms with Crippen molar-refractivity contribution in [2.75, 3.05) is 19.6 Å². The number of carbonyl (C=O) groups is 1. The third kappa shape index (κ3) is 3.44. The zero-order chi connectivity index (χ0) is 14.7. The summed E-state index contributed by atoms with van der Waals surface area (Å²) in [6, 6.07) is 8.42. The van der Waals surface area contributed by atoms with Crippen LogP contribution in [0.5, 0.6) is 0 Å². The molecule has 0 bridgehead atoms. The van der Waals surface area contributed by atoms with Crippen LogP contribution in [0, 0.1) is 5.92 Å². The number of nitrogens with two attached hydrogens (primary N) is 1. The maximum absolute atomic E-state index is 11.5. The average molecular weight is 287 g/mol. The van der Waals surface area contributed by atoms with Gasteiger partial charge in [0.15, 0.2) is 0 Å². The summed E-state index contributed by atoms with van der Waals surface area (Å²) in [7, 11) is 0. The number of carbonyl (C=O) groups excluding carboxylic acids is 1. The molecule has 0 spiro atoms. The number of benzene rings is 1. The van der Waals surface area contributed by atoms with Gasteiger partial charge in [-0.15, -0.1) is 0 Å². The molecule has 2 fully saturated rings. The van der Waals surface area contributed by atoms with E-state index in [-0.39, 0.29) is 5.91 Å². The van der Waals surface area contributed by atoms with E-state index in [0.29, 0.717) is 11.6 Å². The second-order valence-corrected chi connectivity index (χ2v) is 6.36. The molecule has 1 amide bonds. The number of rotatable bonds is 4. The molecule has 2 aliphatic rings. The first-order chi connectivity index (χ1) is 10.2. The predicted octanol–water partition coefficient (Wildman–Crippen LogP) is 1.75. The lowest BCUT2D eigenvalue weighted by molar-refractivity contribution is 0.0996. The molecule has 0 saturated carbocycles. The summed E-state index contributed by atoms with van der Waals surface area (Å²) in [6.45, 7) is 4.26. The van der Waals surface area contributed by atoms with E-state index in [1.54, 1.807) is 0 Å². The molecule has 0 aromatic heterocycles. The molecule has 2 saturated heterocycles. The Balaban J connectivity index is 1.66. The van der Waals surface area contributed by atoms with E-state index in [1.807, 2.05) is 24.3 Å². The van der Waals surface area contributed by atoms with Gasteiger partial charge in [0, 0.05) is 24.7 Å². The molecular weight excluding hydrogens is 262 g/mol. The monoisotopic (exact) mass is 287 g/mol. The molecule has 4 nitrogen and oxygen atoms in total. The Morgan fingerprint density at radius 3 is 2.90 bits per heavy atom. The maximum atomic E-state index is 11.5. The molecule has 114 valence electrons. The Kier molecular flexibility index (Phi) is 4.56. The number of amides is 1. The normalized spacial score (nSPS) is 26.9. The maximum Gasteiger partial charge on any atom is 0.249 e. The Morgan fingerprint density at radius 2 is 2.14 bits per heavy atom. The first-order valence-electron chi connectivity index (χ1n) is 8.07. The van der Waals surface area contributed by atoms with Gasteiger partial charge >= 0.3 is 0 Å². The van der Waals surface area contributed by atoms with Crippen molar-refractivity contribution in [3.05, 3.63) is 35.4 Å². The lowest BCUT2D eigenvalue weighted by Crippen LogP contribution is -2.43. The van der Waals surface area contributed by atoms with Crippen molar-refractivity contribution in [1.82, 2.24) is 10.2 Å². The van der Waals surface area contributed by atoms with Gasteiger partial charge in [-0.05, 0) is 56.3 Å². The molecule has 3 rings (SSSR count). The second kappa shape index (κ2) is 6.58. The summed E-state index contributed by atoms with van der Waals surface area (Å²) in [4.78, 5) is 14.0. The summed E-state index contributed by atoms with van der Waals surface area (Å²) in [5, 5.41) is 3.64. The fourth-order valence-corrected chi connectivity index (χ4v) is 3.82. The van der Waals surface area contributed by atoms with Gasteiger partial charge in [-0.2, -0.15) is 0 Å². The number of likely N-dealkylation sites (tertiary alicyclic amines) is 1. The first-order valence-corrected chi connectivity index (χ1v) is 8.07. The Morgan fingerprint density at radius 1 is 1.29 bits per heavy atom. The van der Waals surface area contributed by atoms with E-state index in [9.17, 15) is 4.79 Å². The highest BCUT2D eigenvalue weighted by molar-refractivity contribution is 5.94. The number of hydrogen-bond donors (Lipinski definition) is 2. The van der Waals surface area contributed by atoms with Crippen molar-refractivity contribution in [2.45, 2.75) is 38.3 Å². The second-order valence-electron chi connectivity index (χ2n) is 6.36. The lowest BCUT2D eigenvalue weighted by atomic mass is 9.89. The smallest absolute Gasteiger partial charge is 0.249 e. The molecule has 2 aliphatic heterocycles. The van der Waals surface area contributed by atoms with Gasteiger partial charge in [-0.3, -0.25) is 9.69 Å². The zero-order valence-electron chi connectivity index (χ0n) is 12.6. The number of piperidine rings is 1. The van der Waals surface area contributed by atoms with Crippen LogP contribution >= 0.6 is 0 Å². The molecule has 4 heteroatoms. The van der Waals surface area contributed by atoms with E-state index in [0.717, 1.165) is 31.1 Å². The van der Waals surface area contributed by atoms with E-state index in [4.69, 9.17) is 5.73 Å². The average Bonchev–Trinajstić information content (AvgIpc) is 3.02. The van der Waals surface area contributed by atoms with Gasteiger partial charge < -0.3 is 11.1 Å². The van der Waals surface area contributed by atoms with Crippen LogP contribution in [0.15, 0.2) is 24.3 Å². The number of primary amides is 1. The topological polar surface area (TPSA) is 58.4 Å². The predicted molar refractivity (Wildman–Crippen MR) is 84.0 cm³/mol. The SMILES string of the molecule is NC(=O)c1ccccc1CN1CCCC(C2CCCN2)C1. The van der Waals surface area contributed by atoms with Crippen LogP contribution < -0.4 is 11.1 Å². The summed E-state index contributed by atoms with van der Waals surface area (Å²) >= 11 is 0. The standard InChI is InChI=1S/C17H25N3O/c18-17(21)15-7-2-1-5-13(15)11-20-10-4-6-14(12-20)16-8-3-9-19-16/h1-2,5,7,14,16,19H,3-4,6,8-12H2,(H2,18,21). The molecule has 2 unspecified atom stereocenters. The summed E-state index contributed by atoms with van der Waals surface area (Å²) < 4.78 is 0. The molecule has 0 aliphatic carbocycles. The number of nitrogens with one attached hydrogen (secondary N) is 1. The molecule has 2 atom stereocenters. The van der Waals surface area contributed by atoms with Crippen LogP contribution in [-0.4, -0.2) is 36.5 Å². The van der Waals surface area contributed by atoms with Crippen molar-refractivity contribution in [3.8, 4) is 0 Å². The number of hydrogen-bond acceptors (Lipinski definition) is 3. The van der Waals surface area contributed by atoms with E-state index in [2.05, 4.69) is 10.2 Å². The van der Waals surface area contributed by atoms with Crippen LogP contribution in [0.25, 0.3) is 0 Å². The summed E-state index contributed by atoms with van der Waals surface area (Å²) in [5.41, 5.74) is 7.20. The van der Waals surface area contributed by atoms with Crippen molar-refractivity contribution in [2.24, 2.45) is 11.7 Å². The third-order valence-corrected chi connectivity index (χ3v) is 4.89. The Hall–Kier alpha value is -1.39. The minimum atomic E-state index is -0.323. The Bertz CT molecular complexity index is 497. The van der Waals surface area contributed by atoms with Crippen molar-refractivity contribution in [1.29, 1.82) is 0 Å². The molecular formula is C17H25N3O. The van der Waals surface area contributed by atoms with E-state index < -0.39 is 0 Å². The first kappa shape index (κ1) is 14.5. The van der Waals surface area contributed by atoms with Gasteiger partial charge in [0.05, 0.1) is 0 Å². The van der Waals surface area contributed by atoms with Gasteiger partial charge in [-0.1, -0.05) is 18.2 Å². The minimum Gasteiger partial charge on any atom is -0.366 e. The minimum absolute atomic E-state index is 0.323. The molecule has 3 N–H and O–H groups in total. The molecule has 0 radical (unpaired) electrons. The highest BCUT2D eigenvalue weighted by Gasteiger charge is 2.29. The van der Waals surface area contributed by atoms with Crippen LogP contribution in [0.2, 0.25) is 0 Å². The molecule has 1 aromatic carbocycles. The summed E-state index contributed by atoms with van der Waals surface area (Å²) in [5.74, 6) is 0.429. The number of nitrogens with zero attached hydrogens (tertiary/aromatic N) is 1. The fourth-order valence-electron chi connectivity index (χ4n) is 3.82. The van der Waals surface area contributed by atoms with Crippen molar-refractivity contribution in [3.63, 3.8) is 0 Å². The van der Waals surface area contributed by atoms with Crippen molar-refractivity contribution >= 4 is 5.91 Å².